The summed E-state index contributed by atoms with van der Waals surface area (Å²) in [5.41, 5.74) is 0.626. The van der Waals surface area contributed by atoms with Crippen LogP contribution >= 0.6 is 12.2 Å². The van der Waals surface area contributed by atoms with Crippen LogP contribution in [0.1, 0.15) is 0 Å². The van der Waals surface area contributed by atoms with Crippen LogP contribution in [0.4, 0.5) is 5.69 Å². The maximum atomic E-state index is 12.3. The Morgan fingerprint density at radius 1 is 1.36 bits per heavy atom. The molecule has 2 rings (SSSR count). The number of nitrogens with zero attached hydrogens (tertiary/aromatic N) is 2. The molecule has 0 aliphatic carbocycles. The molecule has 1 aromatic rings. The Morgan fingerprint density at radius 2 is 2.00 bits per heavy atom. The predicted molar refractivity (Wildman–Crippen MR) is 88.5 cm³/mol. The first kappa shape index (κ1) is 16.2. The van der Waals surface area contributed by atoms with Gasteiger partial charge in [-0.2, -0.15) is 0 Å². The minimum Gasteiger partial charge on any atom is -0.763 e. The van der Waals surface area contributed by atoms with E-state index in [1.54, 1.807) is 36.3 Å². The monoisotopic (exact) mass is 318 g/mol. The molecule has 0 saturated carbocycles. The molecule has 0 bridgehead atoms. The van der Waals surface area contributed by atoms with E-state index in [2.05, 4.69) is 5.32 Å². The minimum atomic E-state index is -0.364. The summed E-state index contributed by atoms with van der Waals surface area (Å²) >= 11 is 5.18. The molecule has 116 valence electrons. The molecule has 1 N–H and O–H groups in total. The van der Waals surface area contributed by atoms with Crippen molar-refractivity contribution in [3.05, 3.63) is 35.2 Å². The zero-order chi connectivity index (χ0) is 15.9. The molecular weight excluding hydrogens is 302 g/mol. The van der Waals surface area contributed by atoms with Crippen LogP contribution in [0.2, 0.25) is 0 Å². The summed E-state index contributed by atoms with van der Waals surface area (Å²) in [6.45, 7) is 1.89. The van der Waals surface area contributed by atoms with Gasteiger partial charge in [0, 0.05) is 18.8 Å². The van der Waals surface area contributed by atoms with Gasteiger partial charge in [0.25, 0.3) is 5.91 Å². The van der Waals surface area contributed by atoms with Crippen LogP contribution in [0.3, 0.4) is 0 Å². The number of ether oxygens (including phenoxy) is 2. The van der Waals surface area contributed by atoms with Crippen LogP contribution < -0.4 is 10.1 Å². The van der Waals surface area contributed by atoms with Gasteiger partial charge < -0.3 is 25.1 Å². The zero-order valence-electron chi connectivity index (χ0n) is 12.2. The smallest absolute Gasteiger partial charge is 0.263 e. The van der Waals surface area contributed by atoms with Crippen LogP contribution in [0.15, 0.2) is 29.8 Å². The third-order valence-corrected chi connectivity index (χ3v) is 3.51. The largest absolute Gasteiger partial charge is 0.763 e. The third-order valence-electron chi connectivity index (χ3n) is 3.20. The summed E-state index contributed by atoms with van der Waals surface area (Å²) < 4.78 is 10.3. The van der Waals surface area contributed by atoms with Crippen molar-refractivity contribution in [3.63, 3.8) is 0 Å². The van der Waals surface area contributed by atoms with Crippen LogP contribution in [0.5, 0.6) is 5.75 Å². The summed E-state index contributed by atoms with van der Waals surface area (Å²) in [6.07, 6.45) is 0. The Balaban J connectivity index is 2.04. The van der Waals surface area contributed by atoms with Crippen molar-refractivity contribution < 1.29 is 14.3 Å². The number of morpholine rings is 1. The summed E-state index contributed by atoms with van der Waals surface area (Å²) in [6, 6.07) is 7.06. The first-order valence-corrected chi connectivity index (χ1v) is 7.16. The number of thiocarbonyl (C=S) groups is 1. The standard InChI is InChI=1S/C15H16N3O3S/c1-20-12-4-2-11(3-5-12)17-14(22)13(10-16)15(19)18-6-8-21-9-7-18/h2-5H,6-9H2,1H3,(H,17,22)/q-1. The highest BCUT2D eigenvalue weighted by Gasteiger charge is 2.22. The Bertz CT molecular complexity index is 603. The summed E-state index contributed by atoms with van der Waals surface area (Å²) in [7, 11) is 1.58. The molecule has 0 spiro atoms. The van der Waals surface area contributed by atoms with E-state index in [4.69, 9.17) is 21.7 Å². The van der Waals surface area contributed by atoms with Gasteiger partial charge in [0.15, 0.2) is 0 Å². The molecule has 1 aromatic carbocycles. The molecule has 1 heterocycles. The molecule has 0 unspecified atom stereocenters. The van der Waals surface area contributed by atoms with E-state index in [9.17, 15) is 10.2 Å². The maximum absolute atomic E-state index is 12.3. The van der Waals surface area contributed by atoms with Crippen molar-refractivity contribution in [3.8, 4) is 5.75 Å². The number of amides is 1. The highest BCUT2D eigenvalue weighted by atomic mass is 32.1. The molecule has 22 heavy (non-hydrogen) atoms. The molecule has 1 aliphatic heterocycles. The number of anilines is 1. The molecule has 1 saturated heterocycles. The number of hydrogen-bond acceptors (Lipinski definition) is 4. The van der Waals surface area contributed by atoms with Crippen LogP contribution in [-0.2, 0) is 9.53 Å². The lowest BCUT2D eigenvalue weighted by Gasteiger charge is -2.27. The number of methoxy groups -OCH3 is 1. The molecule has 0 atom stereocenters. The number of hydrogen-bond donors (Lipinski definition) is 1. The second-order valence-corrected chi connectivity index (χ2v) is 4.98. The third kappa shape index (κ3) is 3.92. The lowest BCUT2D eigenvalue weighted by molar-refractivity contribution is -0.130. The molecule has 1 amide bonds. The fourth-order valence-corrected chi connectivity index (χ4v) is 2.24. The fourth-order valence-electron chi connectivity index (χ4n) is 1.99. The normalized spacial score (nSPS) is 14.0. The van der Waals surface area contributed by atoms with Crippen LogP contribution in [0.25, 0.3) is 5.41 Å². The molecule has 0 aromatic heterocycles. The minimum absolute atomic E-state index is 0.0623. The van der Waals surface area contributed by atoms with Crippen molar-refractivity contribution in [1.29, 1.82) is 0 Å². The van der Waals surface area contributed by atoms with Crippen molar-refractivity contribution in [2.75, 3.05) is 38.7 Å². The van der Waals surface area contributed by atoms with E-state index in [1.807, 2.05) is 5.87 Å². The fraction of sp³-hybridized carbons (Fsp3) is 0.333. The predicted octanol–water partition coefficient (Wildman–Crippen LogP) is 1.46. The number of rotatable bonds is 4. The van der Waals surface area contributed by atoms with E-state index < -0.39 is 0 Å². The number of carbonyl (C=O) groups excluding carboxylic acids is 1. The molecule has 7 heteroatoms. The van der Waals surface area contributed by atoms with Gasteiger partial charge in [-0.05, 0) is 24.3 Å². The van der Waals surface area contributed by atoms with Gasteiger partial charge in [-0.15, -0.1) is 0 Å². The van der Waals surface area contributed by atoms with Crippen LogP contribution in [0, 0.1) is 0 Å². The van der Waals surface area contributed by atoms with Gasteiger partial charge in [-0.1, -0.05) is 12.2 Å². The Hall–Kier alpha value is -2.21. The Morgan fingerprint density at radius 3 is 2.55 bits per heavy atom. The van der Waals surface area contributed by atoms with Gasteiger partial charge in [-0.25, -0.2) is 0 Å². The summed E-state index contributed by atoms with van der Waals surface area (Å²) in [5, 5.41) is 12.1. The summed E-state index contributed by atoms with van der Waals surface area (Å²) in [4.78, 5) is 14.0. The zero-order valence-corrected chi connectivity index (χ0v) is 13.0. The lowest BCUT2D eigenvalue weighted by atomic mass is 10.2. The second kappa shape index (κ2) is 7.70. The number of carbonyl (C=O) groups is 1. The second-order valence-electron chi connectivity index (χ2n) is 4.57. The first-order valence-electron chi connectivity index (χ1n) is 6.75. The van der Waals surface area contributed by atoms with Gasteiger partial charge in [0.2, 0.25) is 0 Å². The van der Waals surface area contributed by atoms with Crippen molar-refractivity contribution in [2.24, 2.45) is 0 Å². The van der Waals surface area contributed by atoms with Crippen molar-refractivity contribution >= 4 is 34.7 Å². The van der Waals surface area contributed by atoms with E-state index >= 15 is 0 Å². The van der Waals surface area contributed by atoms with Crippen molar-refractivity contribution in [2.45, 2.75) is 0 Å². The van der Waals surface area contributed by atoms with Gasteiger partial charge in [0.05, 0.1) is 25.9 Å². The van der Waals surface area contributed by atoms with E-state index in [1.165, 1.54) is 0 Å². The highest BCUT2D eigenvalue weighted by Crippen LogP contribution is 2.16. The topological polar surface area (TPSA) is 73.1 Å². The average molecular weight is 318 g/mol. The summed E-state index contributed by atoms with van der Waals surface area (Å²) in [5.74, 6) is 2.25. The highest BCUT2D eigenvalue weighted by molar-refractivity contribution is 7.81. The Labute approximate surface area is 134 Å². The molecular formula is C15H16N3O3S-. The quantitative estimate of drug-likeness (QED) is 0.517. The number of nitrogens with one attached hydrogen (secondary N) is 1. The van der Waals surface area contributed by atoms with E-state index in [0.29, 0.717) is 37.7 Å². The lowest BCUT2D eigenvalue weighted by Crippen LogP contribution is -2.43. The first-order chi connectivity index (χ1) is 10.7. The SMILES string of the molecule is COc1ccc(NC(=S)C(=C=[N-])C(=O)N2CCOCC2)cc1. The molecule has 1 fully saturated rings. The molecule has 1 aliphatic rings. The maximum Gasteiger partial charge on any atom is 0.263 e. The molecule has 0 radical (unpaired) electrons. The molecule has 6 nitrogen and oxygen atoms in total. The van der Waals surface area contributed by atoms with E-state index in [0.717, 1.165) is 0 Å². The van der Waals surface area contributed by atoms with E-state index in [-0.39, 0.29) is 16.5 Å². The van der Waals surface area contributed by atoms with Gasteiger partial charge in [-0.3, -0.25) is 10.7 Å². The van der Waals surface area contributed by atoms with Crippen LogP contribution in [-0.4, -0.2) is 55.1 Å². The van der Waals surface area contributed by atoms with Gasteiger partial charge >= 0.3 is 0 Å². The average Bonchev–Trinajstić information content (AvgIpc) is 2.57. The Kier molecular flexibility index (Phi) is 5.66. The number of benzene rings is 1. The van der Waals surface area contributed by atoms with Gasteiger partial charge in [0.1, 0.15) is 10.7 Å². The van der Waals surface area contributed by atoms with Crippen molar-refractivity contribution in [1.82, 2.24) is 4.90 Å².